The van der Waals surface area contributed by atoms with E-state index in [-0.39, 0.29) is 41.0 Å². The van der Waals surface area contributed by atoms with Crippen molar-refractivity contribution in [2.24, 2.45) is 0 Å². The third-order valence-electron chi connectivity index (χ3n) is 6.18. The molecule has 41 heavy (non-hydrogen) atoms. The minimum absolute atomic E-state index is 0.0827. The first-order valence-corrected chi connectivity index (χ1v) is 14.1. The van der Waals surface area contributed by atoms with E-state index in [4.69, 9.17) is 14.2 Å². The maximum absolute atomic E-state index is 14.4. The van der Waals surface area contributed by atoms with Crippen molar-refractivity contribution in [3.8, 4) is 29.0 Å². The van der Waals surface area contributed by atoms with Crippen molar-refractivity contribution in [2.75, 3.05) is 19.3 Å². The van der Waals surface area contributed by atoms with Gasteiger partial charge in [-0.05, 0) is 56.3 Å². The zero-order valence-corrected chi connectivity index (χ0v) is 23.1. The number of amides is 1. The lowest BCUT2D eigenvalue weighted by Crippen LogP contribution is -2.46. The van der Waals surface area contributed by atoms with Crippen LogP contribution in [0.15, 0.2) is 53.7 Å². The van der Waals surface area contributed by atoms with E-state index in [1.165, 1.54) is 36.8 Å². The van der Waals surface area contributed by atoms with Crippen molar-refractivity contribution in [3.05, 3.63) is 60.2 Å². The summed E-state index contributed by atoms with van der Waals surface area (Å²) in [6.45, 7) is 4.02. The normalized spacial score (nSPS) is 15.6. The van der Waals surface area contributed by atoms with Crippen molar-refractivity contribution in [3.63, 3.8) is 0 Å². The molecule has 2 heterocycles. The first-order valence-electron chi connectivity index (χ1n) is 12.5. The number of hydrogen-bond acceptors (Lipinski definition) is 8. The summed E-state index contributed by atoms with van der Waals surface area (Å²) < 4.78 is 84.1. The van der Waals surface area contributed by atoms with E-state index in [9.17, 15) is 26.6 Å². The van der Waals surface area contributed by atoms with Crippen LogP contribution in [0.25, 0.3) is 0 Å². The van der Waals surface area contributed by atoms with Gasteiger partial charge < -0.3 is 23.8 Å². The fourth-order valence-electron chi connectivity index (χ4n) is 4.07. The van der Waals surface area contributed by atoms with Gasteiger partial charge in [-0.3, -0.25) is 9.00 Å². The number of piperidine rings is 1. The molecule has 0 spiro atoms. The van der Waals surface area contributed by atoms with Crippen LogP contribution in [-0.2, 0) is 15.6 Å². The number of benzene rings is 2. The molecule has 2 aromatic carbocycles. The predicted octanol–water partition coefficient (Wildman–Crippen LogP) is 5.19. The summed E-state index contributed by atoms with van der Waals surface area (Å²) in [6.07, 6.45) is -2.21. The van der Waals surface area contributed by atoms with Crippen LogP contribution < -0.4 is 18.9 Å². The van der Waals surface area contributed by atoms with Crippen molar-refractivity contribution >= 4 is 16.7 Å². The Morgan fingerprint density at radius 3 is 2.29 bits per heavy atom. The average Bonchev–Trinajstić information content (AvgIpc) is 2.92. The van der Waals surface area contributed by atoms with Crippen LogP contribution >= 0.6 is 0 Å². The Kier molecular flexibility index (Phi) is 9.31. The Labute approximate surface area is 235 Å². The molecule has 0 bridgehead atoms. The lowest BCUT2D eigenvalue weighted by Gasteiger charge is -2.33. The summed E-state index contributed by atoms with van der Waals surface area (Å²) >= 11 is 0. The maximum atomic E-state index is 14.4. The largest absolute Gasteiger partial charge is 0.573 e. The van der Waals surface area contributed by atoms with Crippen molar-refractivity contribution < 1.29 is 45.5 Å². The number of likely N-dealkylation sites (tertiary alicyclic amines) is 1. The zero-order chi connectivity index (χ0) is 29.7. The second kappa shape index (κ2) is 12.7. The number of rotatable bonds is 9. The van der Waals surface area contributed by atoms with E-state index in [0.717, 1.165) is 18.2 Å². The van der Waals surface area contributed by atoms with Gasteiger partial charge in [0.2, 0.25) is 11.8 Å². The fourth-order valence-corrected chi connectivity index (χ4v) is 4.60. The minimum atomic E-state index is -4.80. The van der Waals surface area contributed by atoms with Crippen molar-refractivity contribution in [1.29, 1.82) is 0 Å². The Morgan fingerprint density at radius 1 is 1.05 bits per heavy atom. The summed E-state index contributed by atoms with van der Waals surface area (Å²) in [5, 5.41) is 0. The van der Waals surface area contributed by atoms with Gasteiger partial charge in [0.05, 0.1) is 5.56 Å². The van der Waals surface area contributed by atoms with Crippen molar-refractivity contribution in [1.82, 2.24) is 14.9 Å². The third-order valence-corrected chi connectivity index (χ3v) is 7.10. The summed E-state index contributed by atoms with van der Waals surface area (Å²) in [4.78, 5) is 23.1. The highest BCUT2D eigenvalue weighted by molar-refractivity contribution is 7.84. The fraction of sp³-hybridized carbons (Fsp3) is 0.370. The van der Waals surface area contributed by atoms with Gasteiger partial charge in [0.25, 0.3) is 5.91 Å². The van der Waals surface area contributed by atoms with Gasteiger partial charge in [-0.1, -0.05) is 0 Å². The minimum Gasteiger partial charge on any atom is -0.481 e. The van der Waals surface area contributed by atoms with Gasteiger partial charge in [-0.15, -0.1) is 13.2 Å². The van der Waals surface area contributed by atoms with Gasteiger partial charge in [0.1, 0.15) is 23.9 Å². The van der Waals surface area contributed by atoms with E-state index in [1.54, 1.807) is 18.7 Å². The average molecular weight is 598 g/mol. The molecule has 2 unspecified atom stereocenters. The molecular formula is C27H27F4N3O6S. The monoisotopic (exact) mass is 597 g/mol. The summed E-state index contributed by atoms with van der Waals surface area (Å²) in [7, 11) is -1.34. The molecule has 1 amide bonds. The molecule has 4 rings (SSSR count). The Balaban J connectivity index is 1.30. The second-order valence-corrected chi connectivity index (χ2v) is 10.6. The number of hydrogen-bond donors (Lipinski definition) is 0. The maximum Gasteiger partial charge on any atom is 0.573 e. The topological polar surface area (TPSA) is 100 Å². The van der Waals surface area contributed by atoms with Crippen LogP contribution in [0.1, 0.15) is 25.3 Å². The molecular weight excluding hydrogens is 570 g/mol. The highest BCUT2D eigenvalue weighted by atomic mass is 32.2. The number of nitrogens with zero attached hydrogens (tertiary/aromatic N) is 3. The molecule has 3 aromatic rings. The number of aromatic nitrogens is 2. The highest BCUT2D eigenvalue weighted by Gasteiger charge is 2.31. The number of halogens is 4. The molecule has 1 aromatic heterocycles. The summed E-state index contributed by atoms with van der Waals surface area (Å²) in [6, 6.07) is 8.83. The van der Waals surface area contributed by atoms with Crippen LogP contribution in [0, 0.1) is 12.7 Å². The Hall–Kier alpha value is -3.94. The van der Waals surface area contributed by atoms with Gasteiger partial charge in [0.15, 0.2) is 17.7 Å². The van der Waals surface area contributed by atoms with Gasteiger partial charge in [-0.25, -0.2) is 14.4 Å². The predicted molar refractivity (Wildman–Crippen MR) is 139 cm³/mol. The quantitative estimate of drug-likeness (QED) is 0.311. The second-order valence-electron chi connectivity index (χ2n) is 9.18. The third kappa shape index (κ3) is 8.06. The van der Waals surface area contributed by atoms with Gasteiger partial charge in [-0.2, -0.15) is 0 Å². The SMILES string of the molecule is Cc1c(Oc2ccc(S(C)=O)cc2F)ncnc1OC1CCN(C(=O)C(C)Oc2ccc(OC(F)(F)F)cc2)CC1. The molecule has 0 radical (unpaired) electrons. The summed E-state index contributed by atoms with van der Waals surface area (Å²) in [5.41, 5.74) is 0.460. The zero-order valence-electron chi connectivity index (χ0n) is 22.3. The molecule has 0 N–H and O–H groups in total. The van der Waals surface area contributed by atoms with E-state index in [0.29, 0.717) is 36.4 Å². The van der Waals surface area contributed by atoms with Crippen molar-refractivity contribution in [2.45, 2.75) is 50.2 Å². The molecule has 0 aliphatic carbocycles. The molecule has 14 heteroatoms. The highest BCUT2D eigenvalue weighted by Crippen LogP contribution is 2.31. The molecule has 220 valence electrons. The first-order chi connectivity index (χ1) is 19.4. The van der Waals surface area contributed by atoms with Crippen LogP contribution in [0.5, 0.6) is 29.0 Å². The first kappa shape index (κ1) is 30.0. The Morgan fingerprint density at radius 2 is 1.68 bits per heavy atom. The van der Waals surface area contributed by atoms with Crippen LogP contribution in [0.3, 0.4) is 0 Å². The van der Waals surface area contributed by atoms with Crippen LogP contribution in [0.4, 0.5) is 17.6 Å². The smallest absolute Gasteiger partial charge is 0.481 e. The van der Waals surface area contributed by atoms with E-state index in [1.807, 2.05) is 0 Å². The van der Waals surface area contributed by atoms with Gasteiger partial charge >= 0.3 is 6.36 Å². The summed E-state index contributed by atoms with van der Waals surface area (Å²) in [5.74, 6) is -0.821. The Bertz CT molecular complexity index is 1400. The van der Waals surface area contributed by atoms with Crippen LogP contribution in [0.2, 0.25) is 0 Å². The number of alkyl halides is 3. The number of ether oxygens (including phenoxy) is 4. The molecule has 1 aliphatic heterocycles. The number of carbonyl (C=O) groups is 1. The number of carbonyl (C=O) groups excluding carboxylic acids is 1. The molecule has 1 aliphatic rings. The van der Waals surface area contributed by atoms with Crippen LogP contribution in [-0.4, -0.2) is 62.9 Å². The molecule has 0 saturated carbocycles. The van der Waals surface area contributed by atoms with Gasteiger partial charge in [0, 0.05) is 47.9 Å². The standard InChI is InChI=1S/C27H27F4N3O6S/c1-16-24(32-15-33-25(16)39-23-9-8-21(41(3)36)14-22(23)28)38-19-10-12-34(13-11-19)26(35)17(2)37-18-4-6-20(7-5-18)40-27(29,30)31/h4-9,14-15,17,19H,10-13H2,1-3H3. The molecule has 1 fully saturated rings. The van der Waals surface area contributed by atoms with E-state index < -0.39 is 29.1 Å². The molecule has 1 saturated heterocycles. The molecule has 2 atom stereocenters. The lowest BCUT2D eigenvalue weighted by atomic mass is 10.1. The molecule has 9 nitrogen and oxygen atoms in total. The lowest BCUT2D eigenvalue weighted by molar-refractivity contribution is -0.274. The van der Waals surface area contributed by atoms with E-state index >= 15 is 0 Å². The van der Waals surface area contributed by atoms with E-state index in [2.05, 4.69) is 14.7 Å².